The van der Waals surface area contributed by atoms with Gasteiger partial charge in [0, 0.05) is 25.7 Å². The molecule has 2 amide bonds. The van der Waals surface area contributed by atoms with Crippen molar-refractivity contribution >= 4 is 12.0 Å². The van der Waals surface area contributed by atoms with E-state index in [1.807, 2.05) is 68.4 Å². The van der Waals surface area contributed by atoms with Crippen LogP contribution in [0, 0.1) is 0 Å². The molecule has 0 aromatic heterocycles. The molecule has 3 aromatic rings. The van der Waals surface area contributed by atoms with Crippen molar-refractivity contribution in [2.45, 2.75) is 45.4 Å². The molecule has 0 saturated heterocycles. The van der Waals surface area contributed by atoms with Crippen LogP contribution in [-0.4, -0.2) is 62.1 Å². The zero-order chi connectivity index (χ0) is 27.6. The van der Waals surface area contributed by atoms with Gasteiger partial charge >= 0.3 is 6.09 Å². The molecule has 3 aromatic carbocycles. The minimum atomic E-state index is -0.777. The van der Waals surface area contributed by atoms with Crippen LogP contribution in [0.25, 0.3) is 11.1 Å². The first-order valence-electron chi connectivity index (χ1n) is 13.7. The molecule has 1 unspecified atom stereocenters. The Bertz CT molecular complexity index is 1180. The van der Waals surface area contributed by atoms with E-state index in [-0.39, 0.29) is 25.0 Å². The zero-order valence-electron chi connectivity index (χ0n) is 23.0. The number of carbonyl (C=O) groups excluding carboxylic acids is 2. The molecule has 39 heavy (non-hydrogen) atoms. The molecule has 1 aliphatic carbocycles. The molecule has 1 aliphatic rings. The second-order valence-corrected chi connectivity index (χ2v) is 9.55. The molecule has 0 fully saturated rings. The lowest BCUT2D eigenvalue weighted by molar-refractivity contribution is -0.159. The van der Waals surface area contributed by atoms with Crippen molar-refractivity contribution in [1.82, 2.24) is 10.2 Å². The third kappa shape index (κ3) is 7.25. The summed E-state index contributed by atoms with van der Waals surface area (Å²) in [6, 6.07) is 25.6. The first-order chi connectivity index (χ1) is 19.0. The summed E-state index contributed by atoms with van der Waals surface area (Å²) >= 11 is 0. The first kappa shape index (κ1) is 28.3. The predicted octanol–water partition coefficient (Wildman–Crippen LogP) is 5.38. The monoisotopic (exact) mass is 530 g/mol. The van der Waals surface area contributed by atoms with Crippen molar-refractivity contribution in [3.8, 4) is 11.1 Å². The molecule has 0 heterocycles. The summed E-state index contributed by atoms with van der Waals surface area (Å²) in [5.41, 5.74) is 5.73. The summed E-state index contributed by atoms with van der Waals surface area (Å²) in [5.74, 6) is -0.265. The van der Waals surface area contributed by atoms with Crippen LogP contribution in [0.1, 0.15) is 43.4 Å². The maximum atomic E-state index is 13.5. The summed E-state index contributed by atoms with van der Waals surface area (Å²) in [5, 5.41) is 2.73. The molecule has 7 nitrogen and oxygen atoms in total. The van der Waals surface area contributed by atoms with Crippen molar-refractivity contribution in [2.24, 2.45) is 0 Å². The highest BCUT2D eigenvalue weighted by atomic mass is 16.7. The van der Waals surface area contributed by atoms with E-state index in [1.54, 1.807) is 11.8 Å². The smallest absolute Gasteiger partial charge is 0.407 e. The molecule has 7 heteroatoms. The number of hydrogen-bond acceptors (Lipinski definition) is 5. The lowest BCUT2D eigenvalue weighted by atomic mass is 9.98. The maximum Gasteiger partial charge on any atom is 0.407 e. The van der Waals surface area contributed by atoms with Gasteiger partial charge in [-0.05, 0) is 55.0 Å². The molecule has 0 saturated carbocycles. The average molecular weight is 531 g/mol. The van der Waals surface area contributed by atoms with Crippen LogP contribution >= 0.6 is 0 Å². The number of fused-ring (bicyclic) bond motifs is 3. The van der Waals surface area contributed by atoms with Crippen LogP contribution in [0.2, 0.25) is 0 Å². The van der Waals surface area contributed by atoms with Crippen molar-refractivity contribution in [2.75, 3.05) is 32.9 Å². The Balaban J connectivity index is 1.38. The van der Waals surface area contributed by atoms with Crippen LogP contribution in [-0.2, 0) is 25.4 Å². The van der Waals surface area contributed by atoms with E-state index in [0.29, 0.717) is 26.2 Å². The van der Waals surface area contributed by atoms with Crippen LogP contribution in [0.5, 0.6) is 0 Å². The Labute approximate surface area is 231 Å². The van der Waals surface area contributed by atoms with Gasteiger partial charge in [-0.2, -0.15) is 0 Å². The minimum absolute atomic E-state index is 0.0466. The quantitative estimate of drug-likeness (QED) is 0.300. The van der Waals surface area contributed by atoms with Crippen molar-refractivity contribution in [3.05, 3.63) is 95.6 Å². The van der Waals surface area contributed by atoms with E-state index < -0.39 is 18.4 Å². The fraction of sp³-hybridized carbons (Fsp3) is 0.375. The number of ether oxygens (including phenoxy) is 3. The number of rotatable bonds is 13. The fourth-order valence-electron chi connectivity index (χ4n) is 5.06. The maximum absolute atomic E-state index is 13.5. The molecule has 0 aliphatic heterocycles. The topological polar surface area (TPSA) is 77.1 Å². The van der Waals surface area contributed by atoms with Gasteiger partial charge in [0.2, 0.25) is 5.91 Å². The highest BCUT2D eigenvalue weighted by Gasteiger charge is 2.30. The Kier molecular flexibility index (Phi) is 10.1. The van der Waals surface area contributed by atoms with Gasteiger partial charge in [-0.15, -0.1) is 0 Å². The van der Waals surface area contributed by atoms with Crippen molar-refractivity contribution in [3.63, 3.8) is 0 Å². The Morgan fingerprint density at radius 1 is 0.846 bits per heavy atom. The van der Waals surface area contributed by atoms with Gasteiger partial charge in [0.25, 0.3) is 0 Å². The van der Waals surface area contributed by atoms with E-state index in [1.165, 1.54) is 0 Å². The fourth-order valence-corrected chi connectivity index (χ4v) is 5.06. The zero-order valence-corrected chi connectivity index (χ0v) is 23.0. The van der Waals surface area contributed by atoms with Gasteiger partial charge in [-0.3, -0.25) is 4.79 Å². The number of alkyl carbamates (subject to hydrolysis) is 1. The molecule has 4 rings (SSSR count). The Hall–Kier alpha value is -3.68. The third-order valence-electron chi connectivity index (χ3n) is 6.95. The summed E-state index contributed by atoms with van der Waals surface area (Å²) in [4.78, 5) is 28.0. The number of hydrogen-bond donors (Lipinski definition) is 1. The summed E-state index contributed by atoms with van der Waals surface area (Å²) in [7, 11) is 0. The lowest BCUT2D eigenvalue weighted by Gasteiger charge is -2.30. The van der Waals surface area contributed by atoms with Crippen LogP contribution in [0.3, 0.4) is 0 Å². The van der Waals surface area contributed by atoms with Gasteiger partial charge < -0.3 is 24.4 Å². The Morgan fingerprint density at radius 2 is 1.41 bits per heavy atom. The van der Waals surface area contributed by atoms with Crippen molar-refractivity contribution in [1.29, 1.82) is 0 Å². The summed E-state index contributed by atoms with van der Waals surface area (Å²) in [6.07, 6.45) is -0.483. The van der Waals surface area contributed by atoms with Crippen LogP contribution in [0.15, 0.2) is 78.9 Å². The highest BCUT2D eigenvalue weighted by Crippen LogP contribution is 2.44. The van der Waals surface area contributed by atoms with Gasteiger partial charge in [0.1, 0.15) is 12.6 Å². The number of nitrogens with one attached hydrogen (secondary N) is 1. The molecular weight excluding hydrogens is 492 g/mol. The second kappa shape index (κ2) is 13.9. The van der Waals surface area contributed by atoms with E-state index in [4.69, 9.17) is 14.2 Å². The molecular formula is C32H38N2O5. The molecule has 0 radical (unpaired) electrons. The third-order valence-corrected chi connectivity index (χ3v) is 6.95. The molecule has 0 bridgehead atoms. The van der Waals surface area contributed by atoms with E-state index in [2.05, 4.69) is 29.6 Å². The molecule has 0 spiro atoms. The minimum Gasteiger partial charge on any atom is -0.449 e. The molecule has 206 valence electrons. The normalized spacial score (nSPS) is 13.0. The number of carbonyl (C=O) groups is 2. The van der Waals surface area contributed by atoms with Crippen molar-refractivity contribution < 1.29 is 23.8 Å². The summed E-state index contributed by atoms with van der Waals surface area (Å²) in [6.45, 7) is 7.33. The lowest BCUT2D eigenvalue weighted by Crippen LogP contribution is -2.50. The Morgan fingerprint density at radius 3 is 2.00 bits per heavy atom. The van der Waals surface area contributed by atoms with Gasteiger partial charge in [-0.25, -0.2) is 4.79 Å². The van der Waals surface area contributed by atoms with E-state index >= 15 is 0 Å². The van der Waals surface area contributed by atoms with Gasteiger partial charge in [0.05, 0.1) is 6.54 Å². The van der Waals surface area contributed by atoms with E-state index in [0.717, 1.165) is 27.8 Å². The number of amides is 2. The summed E-state index contributed by atoms with van der Waals surface area (Å²) < 4.78 is 17.1. The average Bonchev–Trinajstić information content (AvgIpc) is 3.28. The standard InChI is InChI=1S/C32H38N2O5/c1-4-37-30(38-5-2)21-34(20-19-24-13-7-6-8-14-24)31(35)23(3)33-32(36)39-22-29-27-17-11-9-15-25(27)26-16-10-12-18-28(26)29/h6-18,23,29-30H,4-5,19-22H2,1-3H3,(H,33,36). The number of benzene rings is 3. The first-order valence-corrected chi connectivity index (χ1v) is 13.7. The van der Waals surface area contributed by atoms with Gasteiger partial charge in [-0.1, -0.05) is 78.9 Å². The second-order valence-electron chi connectivity index (χ2n) is 9.55. The number of nitrogens with zero attached hydrogens (tertiary/aromatic N) is 1. The highest BCUT2D eigenvalue weighted by molar-refractivity contribution is 5.85. The van der Waals surface area contributed by atoms with Gasteiger partial charge in [0.15, 0.2) is 6.29 Å². The van der Waals surface area contributed by atoms with Crippen LogP contribution in [0.4, 0.5) is 4.79 Å². The SMILES string of the molecule is CCOC(CN(CCc1ccccc1)C(=O)C(C)NC(=O)OCC1c2ccccc2-c2ccccc21)OCC. The molecule has 1 N–H and O–H groups in total. The van der Waals surface area contributed by atoms with Crippen LogP contribution < -0.4 is 5.32 Å². The van der Waals surface area contributed by atoms with E-state index in [9.17, 15) is 9.59 Å². The molecule has 1 atom stereocenters. The predicted molar refractivity (Wildman–Crippen MR) is 151 cm³/mol. The largest absolute Gasteiger partial charge is 0.449 e.